The number of carbonyl (C=O) groups is 2. The highest BCUT2D eigenvalue weighted by atomic mass is 16.5. The average Bonchev–Trinajstić information content (AvgIpc) is 3.09. The number of nitrogens with zero attached hydrogens (tertiary/aromatic N) is 1. The molecule has 5 heteroatoms. The fraction of sp³-hybridized carbons (Fsp3) is 0.529. The van der Waals surface area contributed by atoms with E-state index in [1.54, 1.807) is 4.90 Å². The molecule has 0 aromatic heterocycles. The van der Waals surface area contributed by atoms with Crippen LogP contribution in [0.15, 0.2) is 24.3 Å². The Labute approximate surface area is 129 Å². The van der Waals surface area contributed by atoms with Gasteiger partial charge in [-0.2, -0.15) is 0 Å². The monoisotopic (exact) mass is 303 g/mol. The fourth-order valence-electron chi connectivity index (χ4n) is 3.24. The maximum absolute atomic E-state index is 12.6. The number of ether oxygens (including phenoxy) is 1. The number of carbonyl (C=O) groups excluding carboxylic acids is 1. The minimum Gasteiger partial charge on any atom is -0.481 e. The van der Waals surface area contributed by atoms with Crippen LogP contribution in [0.4, 0.5) is 0 Å². The first-order chi connectivity index (χ1) is 10.6. The second kappa shape index (κ2) is 6.48. The number of benzene rings is 1. The molecule has 0 spiro atoms. The van der Waals surface area contributed by atoms with Gasteiger partial charge < -0.3 is 14.7 Å². The van der Waals surface area contributed by atoms with E-state index in [4.69, 9.17) is 9.84 Å². The standard InChI is InChI=1S/C17H21NO4/c19-16(18-7-4-12(5-8-18)17(20)21)14-3-1-2-13(10-14)15-6-9-22-11-15/h1-3,10,12,15H,4-9,11H2,(H,20,21). The Morgan fingerprint density at radius 2 is 1.95 bits per heavy atom. The van der Waals surface area contributed by atoms with Crippen molar-refractivity contribution in [1.82, 2.24) is 4.90 Å². The van der Waals surface area contributed by atoms with Gasteiger partial charge in [0.15, 0.2) is 0 Å². The van der Waals surface area contributed by atoms with Crippen molar-refractivity contribution < 1.29 is 19.4 Å². The summed E-state index contributed by atoms with van der Waals surface area (Å²) in [6.45, 7) is 2.55. The van der Waals surface area contributed by atoms with Crippen molar-refractivity contribution in [3.05, 3.63) is 35.4 Å². The predicted octanol–water partition coefficient (Wildman–Crippen LogP) is 2.13. The molecule has 22 heavy (non-hydrogen) atoms. The van der Waals surface area contributed by atoms with E-state index in [1.807, 2.05) is 24.3 Å². The zero-order valence-corrected chi connectivity index (χ0v) is 12.5. The maximum Gasteiger partial charge on any atom is 0.306 e. The summed E-state index contributed by atoms with van der Waals surface area (Å²) in [6.07, 6.45) is 2.08. The summed E-state index contributed by atoms with van der Waals surface area (Å²) in [4.78, 5) is 25.3. The van der Waals surface area contributed by atoms with E-state index >= 15 is 0 Å². The third-order valence-electron chi connectivity index (χ3n) is 4.67. The van der Waals surface area contributed by atoms with E-state index < -0.39 is 5.97 Å². The molecule has 2 aliphatic rings. The molecular weight excluding hydrogens is 282 g/mol. The molecule has 118 valence electrons. The number of likely N-dealkylation sites (tertiary alicyclic amines) is 1. The molecular formula is C17H21NO4. The summed E-state index contributed by atoms with van der Waals surface area (Å²) in [5.41, 5.74) is 1.85. The zero-order chi connectivity index (χ0) is 15.5. The topological polar surface area (TPSA) is 66.8 Å². The smallest absolute Gasteiger partial charge is 0.306 e. The van der Waals surface area contributed by atoms with Crippen LogP contribution in [0, 0.1) is 5.92 Å². The van der Waals surface area contributed by atoms with Gasteiger partial charge >= 0.3 is 5.97 Å². The highest BCUT2D eigenvalue weighted by molar-refractivity contribution is 5.94. The number of hydrogen-bond donors (Lipinski definition) is 1. The van der Waals surface area contributed by atoms with Crippen LogP contribution in [0.25, 0.3) is 0 Å². The van der Waals surface area contributed by atoms with Gasteiger partial charge in [0.25, 0.3) is 5.91 Å². The molecule has 2 saturated heterocycles. The lowest BCUT2D eigenvalue weighted by atomic mass is 9.95. The molecule has 2 aliphatic heterocycles. The largest absolute Gasteiger partial charge is 0.481 e. The van der Waals surface area contributed by atoms with Crippen molar-refractivity contribution in [3.8, 4) is 0 Å². The number of aliphatic carboxylic acids is 1. The van der Waals surface area contributed by atoms with Crippen molar-refractivity contribution >= 4 is 11.9 Å². The van der Waals surface area contributed by atoms with Gasteiger partial charge in [0, 0.05) is 31.2 Å². The summed E-state index contributed by atoms with van der Waals surface area (Å²) in [5, 5.41) is 9.02. The van der Waals surface area contributed by atoms with Gasteiger partial charge in [-0.15, -0.1) is 0 Å². The molecule has 1 atom stereocenters. The van der Waals surface area contributed by atoms with E-state index in [0.717, 1.165) is 25.2 Å². The van der Waals surface area contributed by atoms with Gasteiger partial charge in [0.1, 0.15) is 0 Å². The highest BCUT2D eigenvalue weighted by Gasteiger charge is 2.28. The Hall–Kier alpha value is -1.88. The van der Waals surface area contributed by atoms with Crippen LogP contribution in [-0.2, 0) is 9.53 Å². The van der Waals surface area contributed by atoms with E-state index in [-0.39, 0.29) is 11.8 Å². The lowest BCUT2D eigenvalue weighted by Gasteiger charge is -2.30. The normalized spacial score (nSPS) is 22.7. The first-order valence-electron chi connectivity index (χ1n) is 7.85. The molecule has 0 radical (unpaired) electrons. The van der Waals surface area contributed by atoms with Crippen LogP contribution < -0.4 is 0 Å². The fourth-order valence-corrected chi connectivity index (χ4v) is 3.24. The summed E-state index contributed by atoms with van der Waals surface area (Å²) >= 11 is 0. The van der Waals surface area contributed by atoms with Crippen LogP contribution in [0.1, 0.15) is 41.1 Å². The molecule has 0 bridgehead atoms. The maximum atomic E-state index is 12.6. The molecule has 0 aliphatic carbocycles. The van der Waals surface area contributed by atoms with Crippen molar-refractivity contribution in [2.24, 2.45) is 5.92 Å². The Balaban J connectivity index is 1.67. The molecule has 1 aromatic rings. The molecule has 5 nitrogen and oxygen atoms in total. The minimum atomic E-state index is -0.754. The van der Waals surface area contributed by atoms with Crippen molar-refractivity contribution in [1.29, 1.82) is 0 Å². The summed E-state index contributed by atoms with van der Waals surface area (Å²) in [5.74, 6) is -0.684. The molecule has 2 fully saturated rings. The van der Waals surface area contributed by atoms with Crippen molar-refractivity contribution in [2.75, 3.05) is 26.3 Å². The van der Waals surface area contributed by atoms with E-state index in [2.05, 4.69) is 0 Å². The predicted molar refractivity (Wildman–Crippen MR) is 80.9 cm³/mol. The van der Waals surface area contributed by atoms with Crippen molar-refractivity contribution in [3.63, 3.8) is 0 Å². The van der Waals surface area contributed by atoms with Crippen LogP contribution in [-0.4, -0.2) is 48.2 Å². The molecule has 1 amide bonds. The summed E-state index contributed by atoms with van der Waals surface area (Å²) in [6, 6.07) is 7.77. The van der Waals surface area contributed by atoms with Crippen LogP contribution in [0.3, 0.4) is 0 Å². The van der Waals surface area contributed by atoms with Gasteiger partial charge in [-0.05, 0) is 37.0 Å². The van der Waals surface area contributed by atoms with E-state index in [0.29, 0.717) is 37.4 Å². The van der Waals surface area contributed by atoms with Crippen LogP contribution >= 0.6 is 0 Å². The quantitative estimate of drug-likeness (QED) is 0.929. The molecule has 3 rings (SSSR count). The number of amides is 1. The first kappa shape index (κ1) is 15.0. The SMILES string of the molecule is O=C(O)C1CCN(C(=O)c2cccc(C3CCOC3)c2)CC1. The summed E-state index contributed by atoms with van der Waals surface area (Å²) < 4.78 is 5.41. The van der Waals surface area contributed by atoms with E-state index in [1.165, 1.54) is 0 Å². The van der Waals surface area contributed by atoms with Gasteiger partial charge in [0.05, 0.1) is 12.5 Å². The molecule has 2 heterocycles. The van der Waals surface area contributed by atoms with E-state index in [9.17, 15) is 9.59 Å². The second-order valence-corrected chi connectivity index (χ2v) is 6.09. The highest BCUT2D eigenvalue weighted by Crippen LogP contribution is 2.26. The third-order valence-corrected chi connectivity index (χ3v) is 4.67. The molecule has 1 aromatic carbocycles. The molecule has 1 N–H and O–H groups in total. The minimum absolute atomic E-state index is 0.00426. The number of rotatable bonds is 3. The summed E-state index contributed by atoms with van der Waals surface area (Å²) in [7, 11) is 0. The number of piperidine rings is 1. The average molecular weight is 303 g/mol. The lowest BCUT2D eigenvalue weighted by molar-refractivity contribution is -0.143. The first-order valence-corrected chi connectivity index (χ1v) is 7.85. The van der Waals surface area contributed by atoms with Gasteiger partial charge in [-0.3, -0.25) is 9.59 Å². The number of carboxylic acid groups (broad SMARTS) is 1. The number of hydrogen-bond acceptors (Lipinski definition) is 3. The second-order valence-electron chi connectivity index (χ2n) is 6.09. The van der Waals surface area contributed by atoms with Gasteiger partial charge in [-0.1, -0.05) is 12.1 Å². The van der Waals surface area contributed by atoms with Crippen LogP contribution in [0.2, 0.25) is 0 Å². The molecule has 1 unspecified atom stereocenters. The Kier molecular flexibility index (Phi) is 4.43. The van der Waals surface area contributed by atoms with Gasteiger partial charge in [0.2, 0.25) is 0 Å². The number of carboxylic acids is 1. The van der Waals surface area contributed by atoms with Crippen molar-refractivity contribution in [2.45, 2.75) is 25.2 Å². The zero-order valence-electron chi connectivity index (χ0n) is 12.5. The lowest BCUT2D eigenvalue weighted by Crippen LogP contribution is -2.40. The Bertz CT molecular complexity index is 558. The Morgan fingerprint density at radius 1 is 1.18 bits per heavy atom. The van der Waals surface area contributed by atoms with Gasteiger partial charge in [-0.25, -0.2) is 0 Å². The molecule has 0 saturated carbocycles. The third kappa shape index (κ3) is 3.14. The Morgan fingerprint density at radius 3 is 2.59 bits per heavy atom. The van der Waals surface area contributed by atoms with Crippen LogP contribution in [0.5, 0.6) is 0 Å².